The number of thiophene rings is 1. The summed E-state index contributed by atoms with van der Waals surface area (Å²) in [6, 6.07) is 1.88. The lowest BCUT2D eigenvalue weighted by Crippen LogP contribution is -2.42. The first-order chi connectivity index (χ1) is 9.65. The van der Waals surface area contributed by atoms with Gasteiger partial charge < -0.3 is 14.7 Å². The Morgan fingerprint density at radius 1 is 1.65 bits per heavy atom. The molecule has 1 amide bonds. The molecular weight excluding hydrogens is 274 g/mol. The number of likely N-dealkylation sites (tertiary alicyclic amines) is 1. The van der Waals surface area contributed by atoms with E-state index in [2.05, 4.69) is 11.8 Å². The Balaban J connectivity index is 2.13. The number of aliphatic hydroxyl groups is 1. The maximum absolute atomic E-state index is 12.5. The molecule has 1 aromatic rings. The van der Waals surface area contributed by atoms with Gasteiger partial charge in [0.05, 0.1) is 15.9 Å². The fraction of sp³-hybridized carbons (Fsp3) is 0.533. The molecule has 4 nitrogen and oxygen atoms in total. The number of hydrogen-bond acceptors (Lipinski definition) is 4. The second kappa shape index (κ2) is 6.89. The van der Waals surface area contributed by atoms with E-state index in [0.717, 1.165) is 29.8 Å². The molecule has 1 saturated heterocycles. The van der Waals surface area contributed by atoms with Crippen molar-refractivity contribution in [3.05, 3.63) is 21.4 Å². The van der Waals surface area contributed by atoms with Crippen LogP contribution in [0.5, 0.6) is 0 Å². The van der Waals surface area contributed by atoms with Crippen molar-refractivity contribution in [2.24, 2.45) is 0 Å². The summed E-state index contributed by atoms with van der Waals surface area (Å²) in [4.78, 5) is 15.9. The normalized spacial score (nSPS) is 18.6. The Hall–Kier alpha value is -1.35. The van der Waals surface area contributed by atoms with Crippen LogP contribution in [-0.2, 0) is 4.74 Å². The summed E-state index contributed by atoms with van der Waals surface area (Å²) < 4.78 is 5.35. The first-order valence-corrected chi connectivity index (χ1v) is 7.49. The average Bonchev–Trinajstić information content (AvgIpc) is 2.85. The third-order valence-electron chi connectivity index (χ3n) is 3.41. The summed E-state index contributed by atoms with van der Waals surface area (Å²) in [5, 5.41) is 8.74. The molecule has 0 saturated carbocycles. The standard InChI is InChI=1S/C15H19NO3S/c1-11-9-14(20-13(11)6-4-8-17)15(18)16-7-3-5-12(10-16)19-2/h9,12,17H,3,5,7-8,10H2,1-2H3. The predicted molar refractivity (Wildman–Crippen MR) is 79.0 cm³/mol. The average molecular weight is 293 g/mol. The first kappa shape index (κ1) is 15.0. The van der Waals surface area contributed by atoms with Gasteiger partial charge in [-0.2, -0.15) is 0 Å². The summed E-state index contributed by atoms with van der Waals surface area (Å²) in [6.45, 7) is 3.21. The second-order valence-corrected chi connectivity index (χ2v) is 5.89. The highest BCUT2D eigenvalue weighted by Gasteiger charge is 2.25. The van der Waals surface area contributed by atoms with E-state index in [0.29, 0.717) is 11.4 Å². The smallest absolute Gasteiger partial charge is 0.264 e. The zero-order chi connectivity index (χ0) is 14.5. The van der Waals surface area contributed by atoms with Crippen LogP contribution in [0.1, 0.15) is 33.0 Å². The van der Waals surface area contributed by atoms with Gasteiger partial charge in [0.2, 0.25) is 0 Å². The number of nitrogens with zero attached hydrogens (tertiary/aromatic N) is 1. The van der Waals surface area contributed by atoms with Crippen LogP contribution in [0, 0.1) is 18.8 Å². The van der Waals surface area contributed by atoms with E-state index in [9.17, 15) is 4.79 Å². The fourth-order valence-electron chi connectivity index (χ4n) is 2.30. The minimum Gasteiger partial charge on any atom is -0.384 e. The number of rotatable bonds is 2. The fourth-order valence-corrected chi connectivity index (χ4v) is 3.32. The number of piperidine rings is 1. The molecule has 2 rings (SSSR count). The van der Waals surface area contributed by atoms with Gasteiger partial charge in [0.25, 0.3) is 5.91 Å². The minimum atomic E-state index is -0.164. The number of methoxy groups -OCH3 is 1. The largest absolute Gasteiger partial charge is 0.384 e. The number of hydrogen-bond donors (Lipinski definition) is 1. The molecule has 5 heteroatoms. The van der Waals surface area contributed by atoms with Crippen LogP contribution in [0.3, 0.4) is 0 Å². The molecule has 1 aliphatic rings. The lowest BCUT2D eigenvalue weighted by Gasteiger charge is -2.31. The van der Waals surface area contributed by atoms with Crippen LogP contribution in [0.4, 0.5) is 0 Å². The number of ether oxygens (including phenoxy) is 1. The molecule has 0 spiro atoms. The number of carbonyl (C=O) groups excluding carboxylic acids is 1. The summed E-state index contributed by atoms with van der Waals surface area (Å²) in [6.07, 6.45) is 2.13. The topological polar surface area (TPSA) is 49.8 Å². The summed E-state index contributed by atoms with van der Waals surface area (Å²) in [5.41, 5.74) is 0.986. The summed E-state index contributed by atoms with van der Waals surface area (Å²) in [7, 11) is 1.69. The zero-order valence-corrected chi connectivity index (χ0v) is 12.6. The molecule has 108 valence electrons. The maximum atomic E-state index is 12.5. The van der Waals surface area contributed by atoms with Crippen LogP contribution in [0.2, 0.25) is 0 Å². The van der Waals surface area contributed by atoms with Gasteiger partial charge in [-0.25, -0.2) is 0 Å². The lowest BCUT2D eigenvalue weighted by molar-refractivity contribution is 0.0271. The SMILES string of the molecule is COC1CCCN(C(=O)c2cc(C)c(C#CCO)s2)C1. The molecule has 1 aliphatic heterocycles. The van der Waals surface area contributed by atoms with E-state index in [-0.39, 0.29) is 18.6 Å². The predicted octanol–water partition coefficient (Wildman–Crippen LogP) is 1.65. The molecule has 1 atom stereocenters. The van der Waals surface area contributed by atoms with Gasteiger partial charge in [0, 0.05) is 20.2 Å². The van der Waals surface area contributed by atoms with Gasteiger partial charge in [-0.3, -0.25) is 4.79 Å². The van der Waals surface area contributed by atoms with Gasteiger partial charge in [0.1, 0.15) is 6.61 Å². The van der Waals surface area contributed by atoms with Crippen molar-refractivity contribution in [1.82, 2.24) is 4.90 Å². The third kappa shape index (κ3) is 3.40. The highest BCUT2D eigenvalue weighted by Crippen LogP contribution is 2.24. The molecule has 1 fully saturated rings. The highest BCUT2D eigenvalue weighted by molar-refractivity contribution is 7.14. The lowest BCUT2D eigenvalue weighted by atomic mass is 10.1. The maximum Gasteiger partial charge on any atom is 0.264 e. The van der Waals surface area contributed by atoms with Crippen molar-refractivity contribution < 1.29 is 14.6 Å². The molecule has 1 aromatic heterocycles. The monoisotopic (exact) mass is 293 g/mol. The van der Waals surface area contributed by atoms with E-state index < -0.39 is 0 Å². The van der Waals surface area contributed by atoms with Crippen LogP contribution >= 0.6 is 11.3 Å². The van der Waals surface area contributed by atoms with Crippen LogP contribution in [0.25, 0.3) is 0 Å². The number of aliphatic hydroxyl groups excluding tert-OH is 1. The Morgan fingerprint density at radius 3 is 3.15 bits per heavy atom. The van der Waals surface area contributed by atoms with Crippen molar-refractivity contribution in [3.8, 4) is 11.8 Å². The molecule has 0 radical (unpaired) electrons. The van der Waals surface area contributed by atoms with Crippen molar-refractivity contribution in [2.75, 3.05) is 26.8 Å². The highest BCUT2D eigenvalue weighted by atomic mass is 32.1. The second-order valence-electron chi connectivity index (χ2n) is 4.83. The van der Waals surface area contributed by atoms with E-state index in [1.807, 2.05) is 17.9 Å². The zero-order valence-electron chi connectivity index (χ0n) is 11.8. The quantitative estimate of drug-likeness (QED) is 0.844. The van der Waals surface area contributed by atoms with Gasteiger partial charge in [-0.1, -0.05) is 11.8 Å². The van der Waals surface area contributed by atoms with Gasteiger partial charge >= 0.3 is 0 Å². The van der Waals surface area contributed by atoms with Gasteiger partial charge in [-0.15, -0.1) is 11.3 Å². The van der Waals surface area contributed by atoms with Crippen molar-refractivity contribution in [1.29, 1.82) is 0 Å². The summed E-state index contributed by atoms with van der Waals surface area (Å²) >= 11 is 1.39. The van der Waals surface area contributed by atoms with E-state index in [1.54, 1.807) is 7.11 Å². The Morgan fingerprint density at radius 2 is 2.45 bits per heavy atom. The molecule has 20 heavy (non-hydrogen) atoms. The molecule has 1 N–H and O–H groups in total. The molecule has 1 unspecified atom stereocenters. The Bertz CT molecular complexity index is 541. The number of carbonyl (C=O) groups is 1. The number of amides is 1. The summed E-state index contributed by atoms with van der Waals surface area (Å²) in [5.74, 6) is 5.56. The van der Waals surface area contributed by atoms with Crippen molar-refractivity contribution in [2.45, 2.75) is 25.9 Å². The van der Waals surface area contributed by atoms with Crippen LogP contribution < -0.4 is 0 Å². The molecule has 2 heterocycles. The van der Waals surface area contributed by atoms with Crippen LogP contribution in [-0.4, -0.2) is 48.8 Å². The van der Waals surface area contributed by atoms with Crippen molar-refractivity contribution >= 4 is 17.2 Å². The molecule has 0 aliphatic carbocycles. The first-order valence-electron chi connectivity index (χ1n) is 6.68. The molecule has 0 aromatic carbocycles. The molecule has 0 bridgehead atoms. The van der Waals surface area contributed by atoms with E-state index in [1.165, 1.54) is 11.3 Å². The Labute approximate surface area is 123 Å². The molecular formula is C15H19NO3S. The van der Waals surface area contributed by atoms with Gasteiger partial charge in [0.15, 0.2) is 0 Å². The van der Waals surface area contributed by atoms with Gasteiger partial charge in [-0.05, 0) is 31.4 Å². The number of aryl methyl sites for hydroxylation is 1. The van der Waals surface area contributed by atoms with E-state index >= 15 is 0 Å². The van der Waals surface area contributed by atoms with Crippen LogP contribution in [0.15, 0.2) is 6.07 Å². The van der Waals surface area contributed by atoms with Crippen molar-refractivity contribution in [3.63, 3.8) is 0 Å². The third-order valence-corrected chi connectivity index (χ3v) is 4.55. The van der Waals surface area contributed by atoms with E-state index in [4.69, 9.17) is 9.84 Å². The Kier molecular flexibility index (Phi) is 5.18. The minimum absolute atomic E-state index is 0.0527.